The number of aliphatic hydroxyl groups excluding tert-OH is 3. The second-order valence-electron chi connectivity index (χ2n) is 6.31. The molecule has 2 aliphatic heterocycles. The zero-order chi connectivity index (χ0) is 17.9. The van der Waals surface area contributed by atoms with E-state index in [1.54, 1.807) is 4.90 Å². The lowest BCUT2D eigenvalue weighted by molar-refractivity contribution is -0.129. The lowest BCUT2D eigenvalue weighted by Crippen LogP contribution is -2.61. The summed E-state index contributed by atoms with van der Waals surface area (Å²) in [5.74, 6) is -0.559. The van der Waals surface area contributed by atoms with Gasteiger partial charge < -0.3 is 35.6 Å². The molecule has 0 bridgehead atoms. The van der Waals surface area contributed by atoms with Crippen molar-refractivity contribution in [2.24, 2.45) is 5.92 Å². The molecule has 1 amide bonds. The van der Waals surface area contributed by atoms with Crippen LogP contribution in [0.1, 0.15) is 13.8 Å². The summed E-state index contributed by atoms with van der Waals surface area (Å²) in [5.41, 5.74) is 1.19. The Balaban J connectivity index is 1.99. The van der Waals surface area contributed by atoms with Crippen LogP contribution in [0.4, 0.5) is 0 Å². The van der Waals surface area contributed by atoms with Gasteiger partial charge in [0.15, 0.2) is 11.3 Å². The van der Waals surface area contributed by atoms with E-state index in [2.05, 4.69) is 10.6 Å². The van der Waals surface area contributed by atoms with E-state index in [1.165, 1.54) is 5.57 Å². The van der Waals surface area contributed by atoms with Gasteiger partial charge >= 0.3 is 0 Å². The van der Waals surface area contributed by atoms with Crippen LogP contribution < -0.4 is 10.6 Å². The molecule has 1 unspecified atom stereocenters. The van der Waals surface area contributed by atoms with Crippen LogP contribution in [0.2, 0.25) is 0 Å². The standard InChI is InChI=1S/C15H25N3O5S/c1-8(2)3-4-16-5-9-6-18(15(24)17-13(9)22)14-12(21)11(20)10(7-19)23-14/h3,9-12,14,16,19-21H,4-7H2,1-2H3,(H,17,22,24)/t9?,10-,11-,12-,14-/m1/s1. The highest BCUT2D eigenvalue weighted by Gasteiger charge is 2.47. The summed E-state index contributed by atoms with van der Waals surface area (Å²) in [6.45, 7) is 4.95. The predicted octanol–water partition coefficient (Wildman–Crippen LogP) is -1.69. The maximum Gasteiger partial charge on any atom is 0.232 e. The molecule has 0 aromatic carbocycles. The van der Waals surface area contributed by atoms with E-state index in [1.807, 2.05) is 19.9 Å². The Bertz CT molecular complexity index is 511. The minimum atomic E-state index is -1.21. The zero-order valence-corrected chi connectivity index (χ0v) is 14.6. The van der Waals surface area contributed by atoms with E-state index in [0.717, 1.165) is 0 Å². The van der Waals surface area contributed by atoms with Gasteiger partial charge in [0.05, 0.1) is 12.5 Å². The van der Waals surface area contributed by atoms with Crippen molar-refractivity contribution in [3.8, 4) is 0 Å². The highest BCUT2D eigenvalue weighted by Crippen LogP contribution is 2.26. The lowest BCUT2D eigenvalue weighted by atomic mass is 10.0. The van der Waals surface area contributed by atoms with E-state index >= 15 is 0 Å². The molecule has 0 spiro atoms. The summed E-state index contributed by atoms with van der Waals surface area (Å²) < 4.78 is 5.49. The van der Waals surface area contributed by atoms with E-state index in [9.17, 15) is 20.1 Å². The Kier molecular flexibility index (Phi) is 6.67. The SMILES string of the molecule is CC(C)=CCNCC1CN([C@@H]2O[C@H](CO)[C@@H](O)[C@H]2O)C(=S)NC1=O. The number of rotatable bonds is 6. The van der Waals surface area contributed by atoms with Gasteiger partial charge in [0.25, 0.3) is 0 Å². The normalized spacial score (nSPS) is 33.5. The van der Waals surface area contributed by atoms with Crippen molar-refractivity contribution in [1.82, 2.24) is 15.5 Å². The van der Waals surface area contributed by atoms with Gasteiger partial charge in [0.1, 0.15) is 18.3 Å². The van der Waals surface area contributed by atoms with Gasteiger partial charge in [-0.3, -0.25) is 4.79 Å². The van der Waals surface area contributed by atoms with Crippen molar-refractivity contribution < 1.29 is 24.9 Å². The highest BCUT2D eigenvalue weighted by atomic mass is 32.1. The van der Waals surface area contributed by atoms with E-state index in [0.29, 0.717) is 13.1 Å². The number of aliphatic hydroxyl groups is 3. The van der Waals surface area contributed by atoms with Crippen molar-refractivity contribution in [1.29, 1.82) is 0 Å². The molecular weight excluding hydrogens is 334 g/mol. The third-order valence-electron chi connectivity index (χ3n) is 4.15. The van der Waals surface area contributed by atoms with E-state index in [4.69, 9.17) is 17.0 Å². The molecule has 0 saturated carbocycles. The molecule has 0 aliphatic carbocycles. The van der Waals surface area contributed by atoms with Crippen LogP contribution >= 0.6 is 12.2 Å². The van der Waals surface area contributed by atoms with Gasteiger partial charge in [-0.15, -0.1) is 0 Å². The molecule has 2 aliphatic rings. The van der Waals surface area contributed by atoms with Crippen LogP contribution in [0, 0.1) is 5.92 Å². The molecule has 8 nitrogen and oxygen atoms in total. The molecule has 5 atom stereocenters. The van der Waals surface area contributed by atoms with Crippen molar-refractivity contribution in [3.05, 3.63) is 11.6 Å². The van der Waals surface area contributed by atoms with Crippen molar-refractivity contribution in [2.75, 3.05) is 26.2 Å². The summed E-state index contributed by atoms with van der Waals surface area (Å²) in [6, 6.07) is 0. The predicted molar refractivity (Wildman–Crippen MR) is 91.0 cm³/mol. The number of nitrogens with one attached hydrogen (secondary N) is 2. The first-order valence-corrected chi connectivity index (χ1v) is 8.34. The molecule has 9 heteroatoms. The Morgan fingerprint density at radius 2 is 2.17 bits per heavy atom. The number of hydrogen-bond donors (Lipinski definition) is 5. The maximum absolute atomic E-state index is 12.1. The van der Waals surface area contributed by atoms with Crippen LogP contribution in [0.25, 0.3) is 0 Å². The summed E-state index contributed by atoms with van der Waals surface area (Å²) in [5, 5.41) is 35.1. The number of allylic oxidation sites excluding steroid dienone is 1. The monoisotopic (exact) mass is 359 g/mol. The Morgan fingerprint density at radius 1 is 1.46 bits per heavy atom. The zero-order valence-electron chi connectivity index (χ0n) is 13.8. The molecule has 0 aromatic heterocycles. The first kappa shape index (κ1) is 19.2. The molecule has 136 valence electrons. The molecule has 2 saturated heterocycles. The van der Waals surface area contributed by atoms with Crippen LogP contribution in [0.3, 0.4) is 0 Å². The minimum absolute atomic E-state index is 0.149. The summed E-state index contributed by atoms with van der Waals surface area (Å²) in [4.78, 5) is 13.6. The van der Waals surface area contributed by atoms with Gasteiger partial charge in [-0.1, -0.05) is 11.6 Å². The molecule has 2 fully saturated rings. The van der Waals surface area contributed by atoms with Crippen LogP contribution in [0.5, 0.6) is 0 Å². The quantitative estimate of drug-likeness (QED) is 0.217. The summed E-state index contributed by atoms with van der Waals surface area (Å²) in [7, 11) is 0. The van der Waals surface area contributed by atoms with Crippen molar-refractivity contribution in [2.45, 2.75) is 38.4 Å². The first-order chi connectivity index (χ1) is 11.3. The average molecular weight is 359 g/mol. The third-order valence-corrected chi connectivity index (χ3v) is 4.49. The number of amides is 1. The number of nitrogens with zero attached hydrogens (tertiary/aromatic N) is 1. The largest absolute Gasteiger partial charge is 0.394 e. The minimum Gasteiger partial charge on any atom is -0.394 e. The fourth-order valence-corrected chi connectivity index (χ4v) is 3.01. The summed E-state index contributed by atoms with van der Waals surface area (Å²) in [6.07, 6.45) is -2.16. The molecule has 2 rings (SSSR count). The van der Waals surface area contributed by atoms with Gasteiger partial charge in [-0.05, 0) is 26.1 Å². The van der Waals surface area contributed by atoms with E-state index in [-0.39, 0.29) is 23.5 Å². The Morgan fingerprint density at radius 3 is 2.75 bits per heavy atom. The Hall–Kier alpha value is -1.10. The molecule has 2 heterocycles. The van der Waals surface area contributed by atoms with E-state index < -0.39 is 31.1 Å². The van der Waals surface area contributed by atoms with Gasteiger partial charge in [-0.2, -0.15) is 0 Å². The number of carbonyl (C=O) groups is 1. The molecule has 0 aromatic rings. The first-order valence-electron chi connectivity index (χ1n) is 7.93. The maximum atomic E-state index is 12.1. The fraction of sp³-hybridized carbons (Fsp3) is 0.733. The van der Waals surface area contributed by atoms with Crippen LogP contribution in [-0.2, 0) is 9.53 Å². The van der Waals surface area contributed by atoms with Gasteiger partial charge in [-0.25, -0.2) is 0 Å². The molecule has 5 N–H and O–H groups in total. The van der Waals surface area contributed by atoms with Crippen molar-refractivity contribution >= 4 is 23.2 Å². The molecule has 0 radical (unpaired) electrons. The lowest BCUT2D eigenvalue weighted by Gasteiger charge is -2.38. The smallest absolute Gasteiger partial charge is 0.232 e. The number of ether oxygens (including phenoxy) is 1. The number of thiocarbonyl (C=S) groups is 1. The average Bonchev–Trinajstić information content (AvgIpc) is 2.81. The molecular formula is C15H25N3O5S. The number of hydrogen-bond acceptors (Lipinski definition) is 7. The van der Waals surface area contributed by atoms with Crippen molar-refractivity contribution in [3.63, 3.8) is 0 Å². The Labute approximate surface area is 146 Å². The molecule has 24 heavy (non-hydrogen) atoms. The number of carbonyl (C=O) groups excluding carboxylic acids is 1. The summed E-state index contributed by atoms with van der Waals surface area (Å²) >= 11 is 5.16. The topological polar surface area (TPSA) is 114 Å². The second kappa shape index (κ2) is 8.32. The van der Waals surface area contributed by atoms with Gasteiger partial charge in [0, 0.05) is 19.6 Å². The fourth-order valence-electron chi connectivity index (χ4n) is 2.73. The third kappa shape index (κ3) is 4.29. The highest BCUT2D eigenvalue weighted by molar-refractivity contribution is 7.80. The second-order valence-corrected chi connectivity index (χ2v) is 6.70. The van der Waals surface area contributed by atoms with Gasteiger partial charge in [0.2, 0.25) is 5.91 Å². The van der Waals surface area contributed by atoms with Crippen LogP contribution in [0.15, 0.2) is 11.6 Å². The van der Waals surface area contributed by atoms with Crippen LogP contribution in [-0.4, -0.2) is 82.0 Å².